The zero-order chi connectivity index (χ0) is 26.8. The van der Waals surface area contributed by atoms with E-state index in [2.05, 4.69) is 91.9 Å². The zero-order valence-corrected chi connectivity index (χ0v) is 21.9. The van der Waals surface area contributed by atoms with Gasteiger partial charge in [0.25, 0.3) is 5.56 Å². The van der Waals surface area contributed by atoms with Crippen molar-refractivity contribution in [3.63, 3.8) is 0 Å². The summed E-state index contributed by atoms with van der Waals surface area (Å²) in [4.78, 5) is 19.5. The summed E-state index contributed by atoms with van der Waals surface area (Å²) < 4.78 is 1.83. The first kappa shape index (κ1) is 22.7. The van der Waals surface area contributed by atoms with Crippen molar-refractivity contribution in [2.45, 2.75) is 6.92 Å². The van der Waals surface area contributed by atoms with Crippen LogP contribution in [0.5, 0.6) is 0 Å². The van der Waals surface area contributed by atoms with E-state index in [0.717, 1.165) is 60.6 Å². The number of nitrogens with zero attached hydrogens (tertiary/aromatic N) is 2. The fourth-order valence-electron chi connectivity index (χ4n) is 6.10. The smallest absolute Gasteiger partial charge is 0.264 e. The lowest BCUT2D eigenvalue weighted by atomic mass is 9.94. The lowest BCUT2D eigenvalue weighted by Crippen LogP contribution is -2.13. The van der Waals surface area contributed by atoms with Crippen LogP contribution in [-0.2, 0) is 0 Å². The Morgan fingerprint density at radius 1 is 0.550 bits per heavy atom. The third-order valence-electron chi connectivity index (χ3n) is 8.02. The molecule has 3 heteroatoms. The van der Waals surface area contributed by atoms with Crippen molar-refractivity contribution in [3.8, 4) is 33.4 Å². The minimum absolute atomic E-state index is 0.0405. The third kappa shape index (κ3) is 3.31. The normalized spacial score (nSPS) is 11.7. The topological polar surface area (TPSA) is 34.4 Å². The van der Waals surface area contributed by atoms with Crippen LogP contribution in [0.1, 0.15) is 5.56 Å². The molecule has 0 N–H and O–H groups in total. The molecule has 0 atom stereocenters. The number of pyridine rings is 1. The number of imidazole rings is 1. The summed E-state index contributed by atoms with van der Waals surface area (Å²) in [5, 5.41) is 3.73. The molecule has 0 unspecified atom stereocenters. The van der Waals surface area contributed by atoms with Crippen LogP contribution >= 0.6 is 0 Å². The number of benzene rings is 6. The molecule has 0 aliphatic carbocycles. The Balaban J connectivity index is 1.52. The SMILES string of the molecule is Cc1ccc(-c2ccc3c(=O)n4c(nc5cc(-c6ccccc6)cc(-c6ccccc6)c54)c4cccc2c34)cc1. The van der Waals surface area contributed by atoms with Crippen molar-refractivity contribution in [3.05, 3.63) is 143 Å². The maximum absolute atomic E-state index is 14.3. The molecule has 40 heavy (non-hydrogen) atoms. The third-order valence-corrected chi connectivity index (χ3v) is 8.02. The Morgan fingerprint density at radius 2 is 1.23 bits per heavy atom. The van der Waals surface area contributed by atoms with Gasteiger partial charge in [0.05, 0.1) is 11.0 Å². The van der Waals surface area contributed by atoms with Gasteiger partial charge in [-0.05, 0) is 58.3 Å². The van der Waals surface area contributed by atoms with Gasteiger partial charge in [0.15, 0.2) is 0 Å². The maximum atomic E-state index is 14.3. The fraction of sp³-hybridized carbons (Fsp3) is 0.0270. The quantitative estimate of drug-likeness (QED) is 0.237. The zero-order valence-electron chi connectivity index (χ0n) is 21.9. The first-order chi connectivity index (χ1) is 19.7. The molecule has 0 spiro atoms. The van der Waals surface area contributed by atoms with Gasteiger partial charge in [-0.1, -0.05) is 115 Å². The molecule has 6 aromatic carbocycles. The van der Waals surface area contributed by atoms with E-state index in [0.29, 0.717) is 11.0 Å². The van der Waals surface area contributed by atoms with E-state index in [1.807, 2.05) is 46.9 Å². The van der Waals surface area contributed by atoms with Crippen LogP contribution in [0.4, 0.5) is 0 Å². The molecule has 3 nitrogen and oxygen atoms in total. The molecule has 8 rings (SSSR count). The highest BCUT2D eigenvalue weighted by atomic mass is 16.1. The highest BCUT2D eigenvalue weighted by Gasteiger charge is 2.21. The van der Waals surface area contributed by atoms with Crippen LogP contribution < -0.4 is 5.56 Å². The molecule has 2 aromatic heterocycles. The average Bonchev–Trinajstić information content (AvgIpc) is 3.41. The molecule has 2 heterocycles. The van der Waals surface area contributed by atoms with E-state index in [4.69, 9.17) is 4.98 Å². The van der Waals surface area contributed by atoms with Crippen molar-refractivity contribution in [1.29, 1.82) is 0 Å². The van der Waals surface area contributed by atoms with E-state index in [1.165, 1.54) is 5.56 Å². The summed E-state index contributed by atoms with van der Waals surface area (Å²) in [6.07, 6.45) is 0. The highest BCUT2D eigenvalue weighted by Crippen LogP contribution is 2.39. The van der Waals surface area contributed by atoms with Crippen LogP contribution in [0.2, 0.25) is 0 Å². The van der Waals surface area contributed by atoms with Crippen LogP contribution in [0, 0.1) is 6.92 Å². The summed E-state index contributed by atoms with van der Waals surface area (Å²) >= 11 is 0. The van der Waals surface area contributed by atoms with Gasteiger partial charge in [-0.15, -0.1) is 0 Å². The molecule has 0 radical (unpaired) electrons. The second-order valence-corrected chi connectivity index (χ2v) is 10.5. The van der Waals surface area contributed by atoms with Gasteiger partial charge in [0.1, 0.15) is 5.65 Å². The van der Waals surface area contributed by atoms with Gasteiger partial charge < -0.3 is 0 Å². The molecule has 0 saturated carbocycles. The van der Waals surface area contributed by atoms with Crippen molar-refractivity contribution in [2.75, 3.05) is 0 Å². The Kier molecular flexibility index (Phi) is 4.89. The maximum Gasteiger partial charge on any atom is 0.264 e. The standard InChI is InChI=1S/C37H24N2O/c1-23-15-17-26(18-16-23)28-19-20-31-34-29(28)13-8-14-30(34)36-38-33-22-27(24-9-4-2-5-10-24)21-32(25-11-6-3-7-12-25)35(33)39(36)37(31)40/h2-22H,1H3. The summed E-state index contributed by atoms with van der Waals surface area (Å²) in [6.45, 7) is 2.09. The molecule has 0 saturated heterocycles. The van der Waals surface area contributed by atoms with Gasteiger partial charge in [-0.2, -0.15) is 0 Å². The molecule has 0 amide bonds. The number of rotatable bonds is 3. The molecule has 8 aromatic rings. The Labute approximate surface area is 231 Å². The van der Waals surface area contributed by atoms with Crippen LogP contribution in [0.3, 0.4) is 0 Å². The van der Waals surface area contributed by atoms with Gasteiger partial charge in [0.2, 0.25) is 0 Å². The van der Waals surface area contributed by atoms with E-state index < -0.39 is 0 Å². The predicted octanol–water partition coefficient (Wildman–Crippen LogP) is 8.90. The summed E-state index contributed by atoms with van der Waals surface area (Å²) in [5.74, 6) is 0. The number of aryl methyl sites for hydroxylation is 1. The number of fused-ring (bicyclic) bond motifs is 4. The van der Waals surface area contributed by atoms with Gasteiger partial charge in [0, 0.05) is 21.7 Å². The summed E-state index contributed by atoms with van der Waals surface area (Å²) in [6, 6.07) is 43.8. The van der Waals surface area contributed by atoms with Crippen LogP contribution in [0.15, 0.2) is 132 Å². The predicted molar refractivity (Wildman–Crippen MR) is 166 cm³/mol. The second-order valence-electron chi connectivity index (χ2n) is 10.5. The van der Waals surface area contributed by atoms with Crippen molar-refractivity contribution >= 4 is 38.2 Å². The van der Waals surface area contributed by atoms with E-state index >= 15 is 0 Å². The van der Waals surface area contributed by atoms with Crippen molar-refractivity contribution in [1.82, 2.24) is 9.38 Å². The average molecular weight is 513 g/mol. The van der Waals surface area contributed by atoms with Crippen LogP contribution in [-0.4, -0.2) is 9.38 Å². The van der Waals surface area contributed by atoms with Crippen molar-refractivity contribution in [2.24, 2.45) is 0 Å². The fourth-order valence-corrected chi connectivity index (χ4v) is 6.10. The minimum Gasteiger partial charge on any atom is -0.268 e. The molecule has 0 bridgehead atoms. The van der Waals surface area contributed by atoms with E-state index in [-0.39, 0.29) is 5.56 Å². The monoisotopic (exact) mass is 512 g/mol. The highest BCUT2D eigenvalue weighted by molar-refractivity contribution is 6.19. The molecule has 0 aliphatic rings. The Hall–Kier alpha value is -5.28. The van der Waals surface area contributed by atoms with Gasteiger partial charge >= 0.3 is 0 Å². The van der Waals surface area contributed by atoms with Gasteiger partial charge in [-0.3, -0.25) is 9.20 Å². The molecule has 0 fully saturated rings. The Morgan fingerprint density at radius 3 is 1.98 bits per heavy atom. The van der Waals surface area contributed by atoms with E-state index in [1.54, 1.807) is 0 Å². The van der Waals surface area contributed by atoms with E-state index in [9.17, 15) is 4.79 Å². The second kappa shape index (κ2) is 8.62. The summed E-state index contributed by atoms with van der Waals surface area (Å²) in [5.41, 5.74) is 10.0. The number of hydrogen-bond acceptors (Lipinski definition) is 2. The largest absolute Gasteiger partial charge is 0.268 e. The minimum atomic E-state index is -0.0405. The summed E-state index contributed by atoms with van der Waals surface area (Å²) in [7, 11) is 0. The van der Waals surface area contributed by atoms with Gasteiger partial charge in [-0.25, -0.2) is 4.98 Å². The molecule has 0 aliphatic heterocycles. The molecule has 188 valence electrons. The lowest BCUT2D eigenvalue weighted by molar-refractivity contribution is 1.19. The first-order valence-corrected chi connectivity index (χ1v) is 13.5. The van der Waals surface area contributed by atoms with Crippen LogP contribution in [0.25, 0.3) is 71.6 Å². The molecular weight excluding hydrogens is 488 g/mol. The van der Waals surface area contributed by atoms with Crippen molar-refractivity contribution < 1.29 is 0 Å². The number of hydrogen-bond donors (Lipinski definition) is 0. The first-order valence-electron chi connectivity index (χ1n) is 13.5. The number of aromatic nitrogens is 2. The molecular formula is C37H24N2O. The lowest BCUT2D eigenvalue weighted by Gasteiger charge is -2.13. The Bertz CT molecular complexity index is 2270.